The largest absolute Gasteiger partial charge is 0.430 e. The minimum Gasteiger partial charge on any atom is -0.430 e. The monoisotopic (exact) mass is 409 g/mol. The average Bonchev–Trinajstić information content (AvgIpc) is 3.09. The number of hydrogen-bond donors (Lipinski definition) is 2. The lowest BCUT2D eigenvalue weighted by Crippen LogP contribution is -2.26. The maximum absolute atomic E-state index is 12.6. The summed E-state index contributed by atoms with van der Waals surface area (Å²) in [4.78, 5) is 16.6. The topological polar surface area (TPSA) is 81.1 Å². The molecule has 3 aromatic rings. The third kappa shape index (κ3) is 4.85. The van der Waals surface area contributed by atoms with Gasteiger partial charge in [-0.05, 0) is 42.8 Å². The standard InChI is InChI=1S/C19H18F3N3O2S/c20-19(21,22)13-7-5-12(6-8-13)11-28-18-25-15-4-1-3-14(16(15)27-18)17(26)24-10-2-9-23/h1,3-8H,2,9-11,23H2,(H,24,26). The Labute approximate surface area is 163 Å². The number of rotatable bonds is 7. The summed E-state index contributed by atoms with van der Waals surface area (Å²) in [5.41, 5.74) is 6.74. The van der Waals surface area contributed by atoms with Crippen LogP contribution in [0.15, 0.2) is 52.1 Å². The van der Waals surface area contributed by atoms with Crippen molar-refractivity contribution in [3.63, 3.8) is 0 Å². The summed E-state index contributed by atoms with van der Waals surface area (Å²) in [7, 11) is 0. The molecule has 0 aliphatic heterocycles. The summed E-state index contributed by atoms with van der Waals surface area (Å²) in [6.45, 7) is 0.951. The van der Waals surface area contributed by atoms with Crippen LogP contribution in [0.4, 0.5) is 13.2 Å². The Morgan fingerprint density at radius 1 is 1.18 bits per heavy atom. The molecule has 28 heavy (non-hydrogen) atoms. The van der Waals surface area contributed by atoms with Gasteiger partial charge in [0.15, 0.2) is 5.58 Å². The predicted molar refractivity (Wildman–Crippen MR) is 101 cm³/mol. The number of nitrogens with zero attached hydrogens (tertiary/aromatic N) is 1. The van der Waals surface area contributed by atoms with Gasteiger partial charge in [0.05, 0.1) is 11.1 Å². The fraction of sp³-hybridized carbons (Fsp3) is 0.263. The van der Waals surface area contributed by atoms with Crippen molar-refractivity contribution in [1.82, 2.24) is 10.3 Å². The summed E-state index contributed by atoms with van der Waals surface area (Å²) >= 11 is 1.25. The summed E-state index contributed by atoms with van der Waals surface area (Å²) in [5, 5.41) is 3.12. The predicted octanol–water partition coefficient (Wildman–Crippen LogP) is 4.22. The van der Waals surface area contributed by atoms with E-state index >= 15 is 0 Å². The number of benzene rings is 2. The number of oxazole rings is 1. The molecular weight excluding hydrogens is 391 g/mol. The van der Waals surface area contributed by atoms with E-state index in [-0.39, 0.29) is 5.91 Å². The molecule has 0 fully saturated rings. The second kappa shape index (κ2) is 8.66. The first-order valence-corrected chi connectivity index (χ1v) is 9.54. The molecule has 2 aromatic carbocycles. The number of aromatic nitrogens is 1. The second-order valence-corrected chi connectivity index (χ2v) is 6.94. The highest BCUT2D eigenvalue weighted by molar-refractivity contribution is 7.98. The normalized spacial score (nSPS) is 11.7. The van der Waals surface area contributed by atoms with Gasteiger partial charge in [-0.1, -0.05) is 30.0 Å². The Balaban J connectivity index is 1.71. The summed E-state index contributed by atoms with van der Waals surface area (Å²) < 4.78 is 43.6. The number of nitrogens with two attached hydrogens (primary N) is 1. The van der Waals surface area contributed by atoms with Gasteiger partial charge in [-0.3, -0.25) is 4.79 Å². The maximum atomic E-state index is 12.6. The zero-order valence-electron chi connectivity index (χ0n) is 14.8. The molecule has 0 aliphatic carbocycles. The van der Waals surface area contributed by atoms with Crippen molar-refractivity contribution in [2.75, 3.05) is 13.1 Å². The van der Waals surface area contributed by atoms with Gasteiger partial charge in [0, 0.05) is 12.3 Å². The van der Waals surface area contributed by atoms with Gasteiger partial charge >= 0.3 is 6.18 Å². The lowest BCUT2D eigenvalue weighted by atomic mass is 10.1. The molecule has 1 heterocycles. The van der Waals surface area contributed by atoms with E-state index in [1.165, 1.54) is 23.9 Å². The Hall–Kier alpha value is -2.52. The van der Waals surface area contributed by atoms with Gasteiger partial charge in [0.25, 0.3) is 11.1 Å². The van der Waals surface area contributed by atoms with E-state index in [0.29, 0.717) is 52.7 Å². The van der Waals surface area contributed by atoms with Crippen molar-refractivity contribution >= 4 is 28.8 Å². The molecule has 0 bridgehead atoms. The van der Waals surface area contributed by atoms with Crippen molar-refractivity contribution in [2.45, 2.75) is 23.6 Å². The van der Waals surface area contributed by atoms with E-state index < -0.39 is 11.7 Å². The lowest BCUT2D eigenvalue weighted by molar-refractivity contribution is -0.137. The molecule has 148 valence electrons. The van der Waals surface area contributed by atoms with E-state index in [1.54, 1.807) is 18.2 Å². The zero-order chi connectivity index (χ0) is 20.1. The summed E-state index contributed by atoms with van der Waals surface area (Å²) in [6, 6.07) is 10.0. The third-order valence-electron chi connectivity index (χ3n) is 3.95. The van der Waals surface area contributed by atoms with Crippen LogP contribution in [-0.2, 0) is 11.9 Å². The lowest BCUT2D eigenvalue weighted by Gasteiger charge is -2.06. The molecule has 9 heteroatoms. The van der Waals surface area contributed by atoms with Crippen LogP contribution < -0.4 is 11.1 Å². The van der Waals surface area contributed by atoms with Crippen molar-refractivity contribution in [3.05, 3.63) is 59.2 Å². The van der Waals surface area contributed by atoms with Crippen LogP contribution in [0.3, 0.4) is 0 Å². The smallest absolute Gasteiger partial charge is 0.416 e. The van der Waals surface area contributed by atoms with Crippen LogP contribution >= 0.6 is 11.8 Å². The van der Waals surface area contributed by atoms with Crippen LogP contribution in [0.25, 0.3) is 11.1 Å². The Bertz CT molecular complexity index is 955. The van der Waals surface area contributed by atoms with Crippen LogP contribution in [-0.4, -0.2) is 24.0 Å². The summed E-state index contributed by atoms with van der Waals surface area (Å²) in [6.07, 6.45) is -3.68. The Morgan fingerprint density at radius 3 is 2.61 bits per heavy atom. The quantitative estimate of drug-likeness (QED) is 0.451. The molecule has 3 N–H and O–H groups in total. The van der Waals surface area contributed by atoms with E-state index in [0.717, 1.165) is 12.1 Å². The number of fused-ring (bicyclic) bond motifs is 1. The first-order valence-electron chi connectivity index (χ1n) is 8.55. The van der Waals surface area contributed by atoms with Crippen molar-refractivity contribution in [3.8, 4) is 0 Å². The molecule has 0 aliphatic rings. The minimum atomic E-state index is -4.35. The number of carbonyl (C=O) groups excluding carboxylic acids is 1. The highest BCUT2D eigenvalue weighted by atomic mass is 32.2. The highest BCUT2D eigenvalue weighted by Gasteiger charge is 2.29. The number of carbonyl (C=O) groups is 1. The molecule has 0 unspecified atom stereocenters. The number of nitrogens with one attached hydrogen (secondary N) is 1. The third-order valence-corrected chi connectivity index (χ3v) is 4.85. The van der Waals surface area contributed by atoms with Gasteiger partial charge < -0.3 is 15.5 Å². The van der Waals surface area contributed by atoms with E-state index in [4.69, 9.17) is 10.2 Å². The molecule has 0 saturated heterocycles. The Kier molecular flexibility index (Phi) is 6.25. The van der Waals surface area contributed by atoms with E-state index in [2.05, 4.69) is 10.3 Å². The number of halogens is 3. The number of alkyl halides is 3. The first kappa shape index (κ1) is 20.2. The Morgan fingerprint density at radius 2 is 1.93 bits per heavy atom. The minimum absolute atomic E-state index is 0.269. The number of amides is 1. The number of thioether (sulfide) groups is 1. The van der Waals surface area contributed by atoms with E-state index in [9.17, 15) is 18.0 Å². The summed E-state index contributed by atoms with van der Waals surface area (Å²) in [5.74, 6) is 0.123. The average molecular weight is 409 g/mol. The fourth-order valence-electron chi connectivity index (χ4n) is 2.50. The SMILES string of the molecule is NCCCNC(=O)c1cccc2nc(SCc3ccc(C(F)(F)F)cc3)oc12. The van der Waals surface area contributed by atoms with Gasteiger partial charge in [0.1, 0.15) is 5.52 Å². The number of hydrogen-bond acceptors (Lipinski definition) is 5. The molecule has 1 aromatic heterocycles. The van der Waals surface area contributed by atoms with Crippen molar-refractivity contribution < 1.29 is 22.4 Å². The molecule has 3 rings (SSSR count). The fourth-order valence-corrected chi connectivity index (χ4v) is 3.29. The molecular formula is C19H18F3N3O2S. The van der Waals surface area contributed by atoms with Crippen molar-refractivity contribution in [1.29, 1.82) is 0 Å². The molecule has 0 spiro atoms. The molecule has 0 saturated carbocycles. The van der Waals surface area contributed by atoms with Crippen LogP contribution in [0.2, 0.25) is 0 Å². The zero-order valence-corrected chi connectivity index (χ0v) is 15.6. The molecule has 0 radical (unpaired) electrons. The molecule has 5 nitrogen and oxygen atoms in total. The van der Waals surface area contributed by atoms with E-state index in [1.807, 2.05) is 0 Å². The van der Waals surface area contributed by atoms with Crippen LogP contribution in [0.1, 0.15) is 27.9 Å². The molecule has 0 atom stereocenters. The number of para-hydroxylation sites is 1. The van der Waals surface area contributed by atoms with Gasteiger partial charge in [-0.25, -0.2) is 4.98 Å². The van der Waals surface area contributed by atoms with Crippen LogP contribution in [0.5, 0.6) is 0 Å². The van der Waals surface area contributed by atoms with Gasteiger partial charge in [0.2, 0.25) is 0 Å². The van der Waals surface area contributed by atoms with Gasteiger partial charge in [-0.15, -0.1) is 0 Å². The molecule has 1 amide bonds. The van der Waals surface area contributed by atoms with Crippen molar-refractivity contribution in [2.24, 2.45) is 5.73 Å². The maximum Gasteiger partial charge on any atom is 0.416 e. The highest BCUT2D eigenvalue weighted by Crippen LogP contribution is 2.31. The van der Waals surface area contributed by atoms with Crippen LogP contribution in [0, 0.1) is 0 Å². The first-order chi connectivity index (χ1) is 13.4. The second-order valence-electron chi connectivity index (χ2n) is 6.02. The van der Waals surface area contributed by atoms with Gasteiger partial charge in [-0.2, -0.15) is 13.2 Å².